The molecule has 1 N–H and O–H groups in total. The summed E-state index contributed by atoms with van der Waals surface area (Å²) in [7, 11) is 0. The molecular formula is C26H21ClN2O4S. The number of hydrogen-bond donors (Lipinski definition) is 1. The van der Waals surface area contributed by atoms with E-state index in [0.29, 0.717) is 43.2 Å². The molecule has 4 rings (SSSR count). The van der Waals surface area contributed by atoms with Crippen LogP contribution in [0.15, 0.2) is 54.6 Å². The van der Waals surface area contributed by atoms with Gasteiger partial charge in [0.25, 0.3) is 5.91 Å². The van der Waals surface area contributed by atoms with Crippen LogP contribution in [0, 0.1) is 6.92 Å². The molecule has 2 aromatic heterocycles. The second kappa shape index (κ2) is 9.75. The highest BCUT2D eigenvalue weighted by Gasteiger charge is 2.26. The van der Waals surface area contributed by atoms with Crippen molar-refractivity contribution in [3.8, 4) is 11.3 Å². The minimum Gasteiger partial charge on any atom is -0.462 e. The molecule has 0 bridgehead atoms. The summed E-state index contributed by atoms with van der Waals surface area (Å²) >= 11 is 7.45. The van der Waals surface area contributed by atoms with Crippen molar-refractivity contribution < 1.29 is 19.1 Å². The number of nitrogens with one attached hydrogen (secondary N) is 1. The number of aromatic nitrogens is 1. The zero-order valence-corrected chi connectivity index (χ0v) is 20.3. The number of thiophene rings is 1. The van der Waals surface area contributed by atoms with Gasteiger partial charge in [-0.15, -0.1) is 11.3 Å². The van der Waals surface area contributed by atoms with E-state index >= 15 is 0 Å². The summed E-state index contributed by atoms with van der Waals surface area (Å²) in [4.78, 5) is 43.3. The number of nitrogens with zero attached hydrogens (tertiary/aromatic N) is 1. The molecule has 8 heteroatoms. The predicted octanol–water partition coefficient (Wildman–Crippen LogP) is 6.56. The van der Waals surface area contributed by atoms with Crippen molar-refractivity contribution in [2.24, 2.45) is 0 Å². The lowest BCUT2D eigenvalue weighted by Gasteiger charge is -2.12. The van der Waals surface area contributed by atoms with Crippen molar-refractivity contribution in [1.82, 2.24) is 4.98 Å². The van der Waals surface area contributed by atoms with E-state index in [9.17, 15) is 14.4 Å². The predicted molar refractivity (Wildman–Crippen MR) is 135 cm³/mol. The van der Waals surface area contributed by atoms with E-state index in [1.807, 2.05) is 36.4 Å². The first-order valence-corrected chi connectivity index (χ1v) is 11.8. The Morgan fingerprint density at radius 2 is 1.79 bits per heavy atom. The highest BCUT2D eigenvalue weighted by Crippen LogP contribution is 2.35. The van der Waals surface area contributed by atoms with E-state index < -0.39 is 11.9 Å². The highest BCUT2D eigenvalue weighted by molar-refractivity contribution is 7.18. The maximum atomic E-state index is 13.5. The Morgan fingerprint density at radius 3 is 2.50 bits per heavy atom. The van der Waals surface area contributed by atoms with Gasteiger partial charge in [-0.25, -0.2) is 9.78 Å². The van der Waals surface area contributed by atoms with Crippen LogP contribution >= 0.6 is 22.9 Å². The van der Waals surface area contributed by atoms with Crippen LogP contribution < -0.4 is 5.32 Å². The molecule has 172 valence electrons. The average molecular weight is 493 g/mol. The number of para-hydroxylation sites is 1. The lowest BCUT2D eigenvalue weighted by molar-refractivity contribution is 0.0527. The number of fused-ring (bicyclic) bond motifs is 1. The number of ketones is 1. The summed E-state index contributed by atoms with van der Waals surface area (Å²) < 4.78 is 5.17. The zero-order valence-electron chi connectivity index (χ0n) is 18.8. The fourth-order valence-electron chi connectivity index (χ4n) is 3.73. The van der Waals surface area contributed by atoms with Gasteiger partial charge >= 0.3 is 5.97 Å². The number of pyridine rings is 1. The van der Waals surface area contributed by atoms with Gasteiger partial charge in [-0.3, -0.25) is 9.59 Å². The van der Waals surface area contributed by atoms with Crippen LogP contribution in [0.2, 0.25) is 5.02 Å². The number of rotatable bonds is 6. The molecule has 0 fully saturated rings. The van der Waals surface area contributed by atoms with Crippen LogP contribution in [0.4, 0.5) is 5.00 Å². The first-order chi connectivity index (χ1) is 16.3. The third-order valence-corrected chi connectivity index (χ3v) is 6.92. The number of hydrogen-bond acceptors (Lipinski definition) is 6. The van der Waals surface area contributed by atoms with Crippen molar-refractivity contribution in [1.29, 1.82) is 0 Å². The Hall–Kier alpha value is -3.55. The van der Waals surface area contributed by atoms with E-state index in [1.54, 1.807) is 32.0 Å². The summed E-state index contributed by atoms with van der Waals surface area (Å²) in [5, 5.41) is 4.27. The van der Waals surface area contributed by atoms with E-state index in [-0.39, 0.29) is 23.0 Å². The monoisotopic (exact) mass is 492 g/mol. The summed E-state index contributed by atoms with van der Waals surface area (Å²) in [6.45, 7) is 4.97. The zero-order chi connectivity index (χ0) is 24.4. The number of amides is 1. The molecular weight excluding hydrogens is 472 g/mol. The molecule has 0 saturated carbocycles. The first-order valence-electron chi connectivity index (χ1n) is 10.6. The van der Waals surface area contributed by atoms with Gasteiger partial charge in [0.1, 0.15) is 5.00 Å². The number of anilines is 1. The van der Waals surface area contributed by atoms with E-state index in [1.165, 1.54) is 6.92 Å². The van der Waals surface area contributed by atoms with Crippen molar-refractivity contribution in [3.05, 3.63) is 81.2 Å². The molecule has 2 aromatic carbocycles. The molecule has 0 aliphatic heterocycles. The quantitative estimate of drug-likeness (QED) is 0.243. The number of carbonyl (C=O) groups excluding carboxylic acids is 3. The molecule has 2 heterocycles. The number of Topliss-reactive ketones (excluding diaryl/α,β-unsaturated/α-hetero) is 1. The summed E-state index contributed by atoms with van der Waals surface area (Å²) in [6.07, 6.45) is 0. The minimum atomic E-state index is -0.588. The van der Waals surface area contributed by atoms with Crippen molar-refractivity contribution >= 4 is 56.5 Å². The first kappa shape index (κ1) is 23.6. The molecule has 0 unspecified atom stereocenters. The molecule has 0 atom stereocenters. The van der Waals surface area contributed by atoms with E-state index in [0.717, 1.165) is 11.3 Å². The molecule has 4 aromatic rings. The Labute approximate surface area is 205 Å². The maximum absolute atomic E-state index is 13.5. The van der Waals surface area contributed by atoms with Crippen LogP contribution in [0.5, 0.6) is 0 Å². The highest BCUT2D eigenvalue weighted by atomic mass is 35.5. The van der Waals surface area contributed by atoms with Gasteiger partial charge in [0.2, 0.25) is 0 Å². The summed E-state index contributed by atoms with van der Waals surface area (Å²) in [5.41, 5.74) is 2.92. The standard InChI is InChI=1S/C26H21ClN2O4S/c1-4-33-26(32)22-14(2)23(15(3)30)34-25(22)29-24(31)18-13-21(17-10-5-7-11-19(17)27)28-20-12-8-6-9-16(18)20/h5-13H,4H2,1-3H3,(H,29,31). The smallest absolute Gasteiger partial charge is 0.341 e. The van der Waals surface area contributed by atoms with Gasteiger partial charge in [0, 0.05) is 16.0 Å². The van der Waals surface area contributed by atoms with Gasteiger partial charge in [-0.1, -0.05) is 48.0 Å². The molecule has 0 spiro atoms. The molecule has 1 amide bonds. The summed E-state index contributed by atoms with van der Waals surface area (Å²) in [6, 6.07) is 16.2. The third kappa shape index (κ3) is 4.44. The van der Waals surface area contributed by atoms with Crippen LogP contribution in [0.25, 0.3) is 22.2 Å². The van der Waals surface area contributed by atoms with E-state index in [2.05, 4.69) is 10.3 Å². The summed E-state index contributed by atoms with van der Waals surface area (Å²) in [5.74, 6) is -1.21. The number of carbonyl (C=O) groups is 3. The molecule has 0 radical (unpaired) electrons. The number of ether oxygens (including phenoxy) is 1. The second-order valence-corrected chi connectivity index (χ2v) is 8.97. The Morgan fingerprint density at radius 1 is 1.09 bits per heavy atom. The van der Waals surface area contributed by atoms with Gasteiger partial charge < -0.3 is 10.1 Å². The van der Waals surface area contributed by atoms with Gasteiger partial charge in [-0.2, -0.15) is 0 Å². The molecule has 0 aliphatic carbocycles. The average Bonchev–Trinajstić information content (AvgIpc) is 3.14. The van der Waals surface area contributed by atoms with Gasteiger partial charge in [0.05, 0.1) is 33.8 Å². The Bertz CT molecular complexity index is 1440. The minimum absolute atomic E-state index is 0.174. The van der Waals surface area contributed by atoms with Gasteiger partial charge in [-0.05, 0) is 44.5 Å². The van der Waals surface area contributed by atoms with Gasteiger partial charge in [0.15, 0.2) is 5.78 Å². The molecule has 0 saturated heterocycles. The van der Waals surface area contributed by atoms with Crippen molar-refractivity contribution in [2.45, 2.75) is 20.8 Å². The van der Waals surface area contributed by atoms with Crippen LogP contribution in [0.1, 0.15) is 49.8 Å². The normalized spacial score (nSPS) is 10.8. The SMILES string of the molecule is CCOC(=O)c1c(NC(=O)c2cc(-c3ccccc3Cl)nc3ccccc23)sc(C(C)=O)c1C. The Kier molecular flexibility index (Phi) is 6.77. The second-order valence-electron chi connectivity index (χ2n) is 7.54. The lowest BCUT2D eigenvalue weighted by Crippen LogP contribution is -2.15. The molecule has 6 nitrogen and oxygen atoms in total. The van der Waals surface area contributed by atoms with Crippen LogP contribution in [-0.2, 0) is 4.74 Å². The molecule has 0 aliphatic rings. The lowest BCUT2D eigenvalue weighted by atomic mass is 10.0. The number of halogens is 1. The number of benzene rings is 2. The maximum Gasteiger partial charge on any atom is 0.341 e. The largest absolute Gasteiger partial charge is 0.462 e. The fourth-order valence-corrected chi connectivity index (χ4v) is 5.04. The van der Waals surface area contributed by atoms with Crippen LogP contribution in [-0.4, -0.2) is 29.3 Å². The Balaban J connectivity index is 1.83. The van der Waals surface area contributed by atoms with E-state index in [4.69, 9.17) is 16.3 Å². The number of esters is 1. The van der Waals surface area contributed by atoms with Crippen molar-refractivity contribution in [3.63, 3.8) is 0 Å². The fraction of sp³-hybridized carbons (Fsp3) is 0.154. The topological polar surface area (TPSA) is 85.4 Å². The molecule has 34 heavy (non-hydrogen) atoms. The third-order valence-electron chi connectivity index (χ3n) is 5.28. The van der Waals surface area contributed by atoms with Crippen LogP contribution in [0.3, 0.4) is 0 Å². The van der Waals surface area contributed by atoms with Crippen molar-refractivity contribution in [2.75, 3.05) is 11.9 Å².